The molecule has 0 unspecified atom stereocenters. The zero-order chi connectivity index (χ0) is 10.7. The summed E-state index contributed by atoms with van der Waals surface area (Å²) in [5, 5.41) is 5.33. The maximum Gasteiger partial charge on any atom is 0.317 e. The third kappa shape index (κ3) is 2.35. The highest BCUT2D eigenvalue weighted by Gasteiger charge is 1.99. The van der Waals surface area contributed by atoms with E-state index >= 15 is 0 Å². The van der Waals surface area contributed by atoms with Crippen LogP contribution in [0.25, 0.3) is 0 Å². The Kier molecular flexibility index (Phi) is 2.68. The summed E-state index contributed by atoms with van der Waals surface area (Å²) in [5.74, 6) is 1.44. The molecule has 2 rings (SSSR count). The number of nitrogens with zero attached hydrogens (tertiary/aromatic N) is 1. The van der Waals surface area contributed by atoms with Gasteiger partial charge in [0, 0.05) is 0 Å². The SMILES string of the molecule is COc1ccc(Oc2nc(=S)[nH][nH]2)cc1. The number of nitrogens with one attached hydrogen (secondary N) is 2. The molecule has 0 spiro atoms. The van der Waals surface area contributed by atoms with Crippen LogP contribution in [-0.2, 0) is 0 Å². The molecule has 0 saturated heterocycles. The lowest BCUT2D eigenvalue weighted by Crippen LogP contribution is -1.87. The fraction of sp³-hybridized carbons (Fsp3) is 0.111. The van der Waals surface area contributed by atoms with E-state index in [9.17, 15) is 0 Å². The summed E-state index contributed by atoms with van der Waals surface area (Å²) < 4.78 is 10.8. The normalized spacial score (nSPS) is 9.93. The highest BCUT2D eigenvalue weighted by atomic mass is 32.1. The van der Waals surface area contributed by atoms with E-state index in [4.69, 9.17) is 21.7 Å². The smallest absolute Gasteiger partial charge is 0.317 e. The number of aromatic amines is 2. The minimum atomic E-state index is 0.338. The first-order chi connectivity index (χ1) is 7.28. The Morgan fingerprint density at radius 1 is 1.13 bits per heavy atom. The predicted molar refractivity (Wildman–Crippen MR) is 56.8 cm³/mol. The predicted octanol–water partition coefficient (Wildman–Crippen LogP) is 2.27. The topological polar surface area (TPSA) is 62.9 Å². The van der Waals surface area contributed by atoms with Gasteiger partial charge in [0.25, 0.3) is 0 Å². The Bertz CT molecular complexity index is 489. The van der Waals surface area contributed by atoms with Crippen molar-refractivity contribution >= 4 is 12.2 Å². The third-order valence-electron chi connectivity index (χ3n) is 1.75. The van der Waals surface area contributed by atoms with E-state index in [1.807, 2.05) is 0 Å². The van der Waals surface area contributed by atoms with Gasteiger partial charge in [-0.2, -0.15) is 4.98 Å². The largest absolute Gasteiger partial charge is 0.497 e. The van der Waals surface area contributed by atoms with Crippen molar-refractivity contribution in [2.45, 2.75) is 0 Å². The summed E-state index contributed by atoms with van der Waals surface area (Å²) in [4.78, 5) is 3.90. The number of hydrogen-bond donors (Lipinski definition) is 2. The number of rotatable bonds is 3. The van der Waals surface area contributed by atoms with Gasteiger partial charge in [-0.15, -0.1) is 0 Å². The van der Waals surface area contributed by atoms with Crippen molar-refractivity contribution < 1.29 is 9.47 Å². The molecule has 6 heteroatoms. The summed E-state index contributed by atoms with van der Waals surface area (Å²) in [6.45, 7) is 0. The van der Waals surface area contributed by atoms with Crippen molar-refractivity contribution in [2.24, 2.45) is 0 Å². The van der Waals surface area contributed by atoms with E-state index in [1.165, 1.54) is 0 Å². The molecule has 2 aromatic rings. The monoisotopic (exact) mass is 223 g/mol. The highest BCUT2D eigenvalue weighted by Crippen LogP contribution is 2.20. The molecule has 0 aliphatic heterocycles. The summed E-state index contributed by atoms with van der Waals surface area (Å²) >= 11 is 4.79. The number of methoxy groups -OCH3 is 1. The molecule has 0 fully saturated rings. The maximum atomic E-state index is 5.38. The van der Waals surface area contributed by atoms with Crippen LogP contribution in [0, 0.1) is 4.77 Å². The Hall–Kier alpha value is -1.82. The van der Waals surface area contributed by atoms with Crippen molar-refractivity contribution in [1.82, 2.24) is 15.2 Å². The molecule has 1 aromatic carbocycles. The van der Waals surface area contributed by atoms with Crippen LogP contribution in [0.1, 0.15) is 0 Å². The molecule has 0 aliphatic carbocycles. The molecule has 5 nitrogen and oxygen atoms in total. The Morgan fingerprint density at radius 3 is 2.33 bits per heavy atom. The van der Waals surface area contributed by atoms with Crippen molar-refractivity contribution in [3.63, 3.8) is 0 Å². The van der Waals surface area contributed by atoms with Crippen LogP contribution in [0.15, 0.2) is 24.3 Å². The number of benzene rings is 1. The lowest BCUT2D eigenvalue weighted by molar-refractivity contribution is 0.411. The van der Waals surface area contributed by atoms with E-state index in [1.54, 1.807) is 31.4 Å². The number of ether oxygens (including phenoxy) is 2. The van der Waals surface area contributed by atoms with Crippen molar-refractivity contribution in [1.29, 1.82) is 0 Å². The van der Waals surface area contributed by atoms with Gasteiger partial charge in [-0.1, -0.05) is 0 Å². The molecule has 0 saturated carbocycles. The fourth-order valence-electron chi connectivity index (χ4n) is 1.06. The average molecular weight is 223 g/mol. The number of aromatic nitrogens is 3. The van der Waals surface area contributed by atoms with Gasteiger partial charge in [-0.3, -0.25) is 10.2 Å². The standard InChI is InChI=1S/C9H9N3O2S/c1-13-6-2-4-7(5-3-6)14-8-10-9(15)12-11-8/h2-5H,1H3,(H2,10,11,12,15). The lowest BCUT2D eigenvalue weighted by Gasteiger charge is -2.02. The molecular formula is C9H9N3O2S. The summed E-state index contributed by atoms with van der Waals surface area (Å²) in [5.41, 5.74) is 0. The molecule has 0 amide bonds. The van der Waals surface area contributed by atoms with Crippen LogP contribution in [0.3, 0.4) is 0 Å². The van der Waals surface area contributed by atoms with Gasteiger partial charge in [0.1, 0.15) is 11.5 Å². The minimum absolute atomic E-state index is 0.338. The van der Waals surface area contributed by atoms with E-state index in [2.05, 4.69) is 15.2 Å². The number of hydrogen-bond acceptors (Lipinski definition) is 4. The van der Waals surface area contributed by atoms with E-state index in [-0.39, 0.29) is 0 Å². The van der Waals surface area contributed by atoms with Gasteiger partial charge in [0.05, 0.1) is 7.11 Å². The van der Waals surface area contributed by atoms with Gasteiger partial charge in [0.2, 0.25) is 4.77 Å². The van der Waals surface area contributed by atoms with Gasteiger partial charge < -0.3 is 9.47 Å². The Balaban J connectivity index is 2.14. The van der Waals surface area contributed by atoms with Gasteiger partial charge >= 0.3 is 6.01 Å². The first kappa shape index (κ1) is 9.72. The molecule has 0 radical (unpaired) electrons. The first-order valence-electron chi connectivity index (χ1n) is 4.24. The number of H-pyrrole nitrogens is 2. The van der Waals surface area contributed by atoms with E-state index in [0.29, 0.717) is 16.5 Å². The fourth-order valence-corrected chi connectivity index (χ4v) is 1.19. The summed E-state index contributed by atoms with van der Waals surface area (Å²) in [6.07, 6.45) is 0. The quantitative estimate of drug-likeness (QED) is 0.783. The second kappa shape index (κ2) is 4.14. The van der Waals surface area contributed by atoms with E-state index < -0.39 is 0 Å². The second-order valence-corrected chi connectivity index (χ2v) is 3.14. The molecule has 1 heterocycles. The van der Waals surface area contributed by atoms with Crippen molar-refractivity contribution in [3.05, 3.63) is 29.0 Å². The van der Waals surface area contributed by atoms with Crippen LogP contribution in [0.4, 0.5) is 0 Å². The molecule has 0 atom stereocenters. The van der Waals surface area contributed by atoms with Gasteiger partial charge in [-0.05, 0) is 36.5 Å². The molecule has 15 heavy (non-hydrogen) atoms. The van der Waals surface area contributed by atoms with Crippen LogP contribution in [0.5, 0.6) is 17.5 Å². The van der Waals surface area contributed by atoms with E-state index in [0.717, 1.165) is 5.75 Å². The van der Waals surface area contributed by atoms with Crippen molar-refractivity contribution in [3.8, 4) is 17.5 Å². The molecule has 0 aliphatic rings. The molecule has 1 aromatic heterocycles. The van der Waals surface area contributed by atoms with Crippen molar-refractivity contribution in [2.75, 3.05) is 7.11 Å². The first-order valence-corrected chi connectivity index (χ1v) is 4.65. The van der Waals surface area contributed by atoms with Gasteiger partial charge in [0.15, 0.2) is 0 Å². The zero-order valence-electron chi connectivity index (χ0n) is 7.98. The molecular weight excluding hydrogens is 214 g/mol. The van der Waals surface area contributed by atoms with Crippen LogP contribution in [-0.4, -0.2) is 22.3 Å². The Labute approximate surface area is 91.1 Å². The van der Waals surface area contributed by atoms with Crippen LogP contribution in [0.2, 0.25) is 0 Å². The summed E-state index contributed by atoms with van der Waals surface area (Å²) in [7, 11) is 1.61. The van der Waals surface area contributed by atoms with Crippen LogP contribution < -0.4 is 9.47 Å². The molecule has 0 bridgehead atoms. The van der Waals surface area contributed by atoms with Gasteiger partial charge in [-0.25, -0.2) is 0 Å². The zero-order valence-corrected chi connectivity index (χ0v) is 8.80. The molecule has 2 N–H and O–H groups in total. The maximum absolute atomic E-state index is 5.38. The second-order valence-electron chi connectivity index (χ2n) is 2.75. The Morgan fingerprint density at radius 2 is 1.80 bits per heavy atom. The highest BCUT2D eigenvalue weighted by molar-refractivity contribution is 7.71. The minimum Gasteiger partial charge on any atom is -0.497 e. The summed E-state index contributed by atoms with van der Waals surface area (Å²) in [6, 6.07) is 7.51. The third-order valence-corrected chi connectivity index (χ3v) is 1.95. The van der Waals surface area contributed by atoms with Crippen LogP contribution >= 0.6 is 12.2 Å². The molecule has 78 valence electrons. The lowest BCUT2D eigenvalue weighted by atomic mass is 10.3. The average Bonchev–Trinajstić information content (AvgIpc) is 2.65.